The summed E-state index contributed by atoms with van der Waals surface area (Å²) in [6, 6.07) is -0.434. The topological polar surface area (TPSA) is 77.1 Å². The van der Waals surface area contributed by atoms with Crippen molar-refractivity contribution in [3.8, 4) is 0 Å². The first-order valence-corrected chi connectivity index (χ1v) is 8.25. The SMILES string of the molecule is CCOC(=O)[C@H]1COCC2(CCN(C(=O)OC(C)(C)C)CC2)N1. The van der Waals surface area contributed by atoms with E-state index in [1.165, 1.54) is 0 Å². The largest absolute Gasteiger partial charge is 0.465 e. The van der Waals surface area contributed by atoms with Gasteiger partial charge in [-0.15, -0.1) is 0 Å². The molecule has 1 spiro atoms. The van der Waals surface area contributed by atoms with Gasteiger partial charge in [-0.1, -0.05) is 0 Å². The summed E-state index contributed by atoms with van der Waals surface area (Å²) in [7, 11) is 0. The molecule has 7 nitrogen and oxygen atoms in total. The highest BCUT2D eigenvalue weighted by atomic mass is 16.6. The van der Waals surface area contributed by atoms with Crippen molar-refractivity contribution in [3.63, 3.8) is 0 Å². The van der Waals surface area contributed by atoms with E-state index in [1.807, 2.05) is 20.8 Å². The lowest BCUT2D eigenvalue weighted by Gasteiger charge is -2.46. The molecule has 23 heavy (non-hydrogen) atoms. The molecule has 0 bridgehead atoms. The molecule has 0 aliphatic carbocycles. The zero-order valence-corrected chi connectivity index (χ0v) is 14.5. The standard InChI is InChI=1S/C16H28N2O5/c1-5-22-13(19)12-10-21-11-16(17-12)6-8-18(9-7-16)14(20)23-15(2,3)4/h12,17H,5-11H2,1-4H3/t12-/m1/s1. The summed E-state index contributed by atoms with van der Waals surface area (Å²) in [5, 5.41) is 3.38. The minimum atomic E-state index is -0.493. The third-order valence-corrected chi connectivity index (χ3v) is 4.09. The summed E-state index contributed by atoms with van der Waals surface area (Å²) in [6.45, 7) is 9.76. The van der Waals surface area contributed by atoms with E-state index in [9.17, 15) is 9.59 Å². The van der Waals surface area contributed by atoms with Crippen LogP contribution in [0.15, 0.2) is 0 Å². The van der Waals surface area contributed by atoms with Gasteiger partial charge in [-0.2, -0.15) is 0 Å². The first-order chi connectivity index (χ1) is 10.7. The molecule has 0 aromatic heterocycles. The molecule has 2 aliphatic heterocycles. The van der Waals surface area contributed by atoms with Gasteiger partial charge >= 0.3 is 12.1 Å². The smallest absolute Gasteiger partial charge is 0.410 e. The highest BCUT2D eigenvalue weighted by Crippen LogP contribution is 2.27. The fourth-order valence-corrected chi connectivity index (χ4v) is 2.93. The number of carbonyl (C=O) groups excluding carboxylic acids is 2. The zero-order valence-electron chi connectivity index (χ0n) is 14.5. The van der Waals surface area contributed by atoms with E-state index in [0.717, 1.165) is 12.8 Å². The van der Waals surface area contributed by atoms with E-state index in [2.05, 4.69) is 5.32 Å². The molecule has 0 saturated carbocycles. The van der Waals surface area contributed by atoms with Gasteiger partial charge in [0.2, 0.25) is 0 Å². The van der Waals surface area contributed by atoms with Gasteiger partial charge in [0.1, 0.15) is 11.6 Å². The van der Waals surface area contributed by atoms with Gasteiger partial charge in [-0.3, -0.25) is 10.1 Å². The number of rotatable bonds is 2. The maximum atomic E-state index is 12.1. The van der Waals surface area contributed by atoms with Crippen LogP contribution in [0.3, 0.4) is 0 Å². The molecule has 132 valence electrons. The molecule has 2 rings (SSSR count). The number of hydrogen-bond donors (Lipinski definition) is 1. The number of hydrogen-bond acceptors (Lipinski definition) is 6. The quantitative estimate of drug-likeness (QED) is 0.770. The van der Waals surface area contributed by atoms with Gasteiger partial charge in [0.05, 0.1) is 19.8 Å². The monoisotopic (exact) mass is 328 g/mol. The Balaban J connectivity index is 1.89. The van der Waals surface area contributed by atoms with Crippen molar-refractivity contribution < 1.29 is 23.8 Å². The van der Waals surface area contributed by atoms with Gasteiger partial charge in [0.15, 0.2) is 0 Å². The van der Waals surface area contributed by atoms with Crippen molar-refractivity contribution in [1.82, 2.24) is 10.2 Å². The van der Waals surface area contributed by atoms with Crippen molar-refractivity contribution in [1.29, 1.82) is 0 Å². The minimum Gasteiger partial charge on any atom is -0.465 e. The van der Waals surface area contributed by atoms with Gasteiger partial charge in [-0.25, -0.2) is 4.79 Å². The first-order valence-electron chi connectivity index (χ1n) is 8.25. The lowest BCUT2D eigenvalue weighted by molar-refractivity contribution is -0.152. The molecule has 1 amide bonds. The molecule has 0 radical (unpaired) electrons. The Morgan fingerprint density at radius 3 is 2.52 bits per heavy atom. The molecular formula is C16H28N2O5. The van der Waals surface area contributed by atoms with Crippen LogP contribution in [0.2, 0.25) is 0 Å². The van der Waals surface area contributed by atoms with Crippen LogP contribution >= 0.6 is 0 Å². The van der Waals surface area contributed by atoms with Crippen LogP contribution in [0.1, 0.15) is 40.5 Å². The Labute approximate surface area is 137 Å². The molecule has 2 saturated heterocycles. The van der Waals surface area contributed by atoms with Crippen LogP contribution in [0.5, 0.6) is 0 Å². The second-order valence-electron chi connectivity index (χ2n) is 7.21. The molecule has 1 N–H and O–H groups in total. The Bertz CT molecular complexity index is 438. The average molecular weight is 328 g/mol. The Kier molecular flexibility index (Phi) is 5.52. The van der Waals surface area contributed by atoms with E-state index < -0.39 is 11.6 Å². The highest BCUT2D eigenvalue weighted by Gasteiger charge is 2.43. The Hall–Kier alpha value is -1.34. The predicted molar refractivity (Wildman–Crippen MR) is 84.1 cm³/mol. The summed E-state index contributed by atoms with van der Waals surface area (Å²) >= 11 is 0. The average Bonchev–Trinajstić information content (AvgIpc) is 2.46. The molecule has 2 fully saturated rings. The van der Waals surface area contributed by atoms with E-state index in [-0.39, 0.29) is 17.6 Å². The minimum absolute atomic E-state index is 0.270. The van der Waals surface area contributed by atoms with Crippen molar-refractivity contribution in [2.45, 2.75) is 57.7 Å². The van der Waals surface area contributed by atoms with E-state index in [1.54, 1.807) is 11.8 Å². The van der Waals surface area contributed by atoms with Crippen molar-refractivity contribution in [3.05, 3.63) is 0 Å². The fraction of sp³-hybridized carbons (Fsp3) is 0.875. The van der Waals surface area contributed by atoms with Gasteiger partial charge < -0.3 is 19.1 Å². The van der Waals surface area contributed by atoms with Crippen LogP contribution in [0.4, 0.5) is 4.79 Å². The molecule has 0 unspecified atom stereocenters. The number of esters is 1. The summed E-state index contributed by atoms with van der Waals surface area (Å²) in [6.07, 6.45) is 1.16. The Morgan fingerprint density at radius 1 is 1.30 bits per heavy atom. The number of morpholine rings is 1. The lowest BCUT2D eigenvalue weighted by Crippen LogP contribution is -2.65. The molecule has 0 aromatic rings. The summed E-state index contributed by atoms with van der Waals surface area (Å²) < 4.78 is 16.1. The first kappa shape index (κ1) is 18.0. The van der Waals surface area contributed by atoms with Gasteiger partial charge in [0.25, 0.3) is 0 Å². The number of likely N-dealkylation sites (tertiary alicyclic amines) is 1. The lowest BCUT2D eigenvalue weighted by atomic mass is 9.86. The van der Waals surface area contributed by atoms with Gasteiger partial charge in [0, 0.05) is 18.6 Å². The maximum absolute atomic E-state index is 12.1. The summed E-state index contributed by atoms with van der Waals surface area (Å²) in [5.41, 5.74) is -0.762. The van der Waals surface area contributed by atoms with Crippen LogP contribution < -0.4 is 5.32 Å². The zero-order chi connectivity index (χ0) is 17.1. The van der Waals surface area contributed by atoms with E-state index >= 15 is 0 Å². The second-order valence-corrected chi connectivity index (χ2v) is 7.21. The number of nitrogens with zero attached hydrogens (tertiary/aromatic N) is 1. The van der Waals surface area contributed by atoms with Crippen LogP contribution in [-0.4, -0.2) is 67.1 Å². The molecule has 2 heterocycles. The molecule has 1 atom stereocenters. The van der Waals surface area contributed by atoms with Gasteiger partial charge in [-0.05, 0) is 40.5 Å². The van der Waals surface area contributed by atoms with Crippen LogP contribution in [0.25, 0.3) is 0 Å². The molecular weight excluding hydrogens is 300 g/mol. The molecule has 7 heteroatoms. The normalized spacial score (nSPS) is 24.3. The van der Waals surface area contributed by atoms with E-state index in [4.69, 9.17) is 14.2 Å². The number of piperidine rings is 1. The van der Waals surface area contributed by atoms with Crippen LogP contribution in [-0.2, 0) is 19.0 Å². The highest BCUT2D eigenvalue weighted by molar-refractivity contribution is 5.76. The number of nitrogens with one attached hydrogen (secondary N) is 1. The second kappa shape index (κ2) is 7.05. The fourth-order valence-electron chi connectivity index (χ4n) is 2.93. The summed E-state index contributed by atoms with van der Waals surface area (Å²) in [4.78, 5) is 25.7. The van der Waals surface area contributed by atoms with Crippen molar-refractivity contribution in [2.24, 2.45) is 0 Å². The number of ether oxygens (including phenoxy) is 3. The van der Waals surface area contributed by atoms with E-state index in [0.29, 0.717) is 32.9 Å². The predicted octanol–water partition coefficient (Wildman–Crippen LogP) is 1.31. The maximum Gasteiger partial charge on any atom is 0.410 e. The third kappa shape index (κ3) is 4.81. The Morgan fingerprint density at radius 2 is 1.96 bits per heavy atom. The summed E-state index contributed by atoms with van der Waals surface area (Å²) in [5.74, 6) is -0.277. The molecule has 2 aliphatic rings. The molecule has 0 aromatic carbocycles. The van der Waals surface area contributed by atoms with Crippen LogP contribution in [0, 0.1) is 0 Å². The number of amides is 1. The van der Waals surface area contributed by atoms with Crippen molar-refractivity contribution in [2.75, 3.05) is 32.9 Å². The number of carbonyl (C=O) groups is 2. The third-order valence-electron chi connectivity index (χ3n) is 4.09. The van der Waals surface area contributed by atoms with Crippen molar-refractivity contribution >= 4 is 12.1 Å².